The minimum Gasteiger partial charge on any atom is -0.381 e. The minimum absolute atomic E-state index is 0.154. The summed E-state index contributed by atoms with van der Waals surface area (Å²) in [6.45, 7) is 4.73. The van der Waals surface area contributed by atoms with Crippen LogP contribution in [-0.2, 0) is 9.47 Å². The van der Waals surface area contributed by atoms with Crippen LogP contribution in [0.4, 0.5) is 0 Å². The second-order valence-electron chi connectivity index (χ2n) is 4.89. The standard InChI is InChI=1S/C14H24N2O2/c1-3-8-16-13(12-5-4-9-15-12)14(17-2)6-10-18-11-7-14/h4-5,9,13,15-16H,3,6-8,10-11H2,1-2H3. The summed E-state index contributed by atoms with van der Waals surface area (Å²) in [5, 5.41) is 3.62. The fraction of sp³-hybridized carbons (Fsp3) is 0.714. The maximum absolute atomic E-state index is 5.90. The van der Waals surface area contributed by atoms with E-state index in [1.54, 1.807) is 0 Å². The SMILES string of the molecule is CCCNC(c1ccc[nH]1)C1(OC)CCOCC1. The Kier molecular flexibility index (Phi) is 4.80. The molecule has 1 aliphatic rings. The number of ether oxygens (including phenoxy) is 2. The van der Waals surface area contributed by atoms with Gasteiger partial charge >= 0.3 is 0 Å². The molecule has 1 fully saturated rings. The molecule has 0 radical (unpaired) electrons. The molecule has 1 aliphatic heterocycles. The monoisotopic (exact) mass is 252 g/mol. The number of methoxy groups -OCH3 is 1. The first-order valence-corrected chi connectivity index (χ1v) is 6.82. The van der Waals surface area contributed by atoms with Crippen LogP contribution in [0.3, 0.4) is 0 Å². The molecule has 4 heteroatoms. The molecule has 1 aromatic heterocycles. The van der Waals surface area contributed by atoms with E-state index in [1.165, 1.54) is 5.69 Å². The lowest BCUT2D eigenvalue weighted by molar-refractivity contribution is -0.112. The highest BCUT2D eigenvalue weighted by molar-refractivity contribution is 5.15. The zero-order valence-electron chi connectivity index (χ0n) is 11.4. The molecule has 0 aromatic carbocycles. The summed E-state index contributed by atoms with van der Waals surface area (Å²) in [7, 11) is 1.81. The molecule has 18 heavy (non-hydrogen) atoms. The van der Waals surface area contributed by atoms with Gasteiger partial charge in [0.1, 0.15) is 0 Å². The van der Waals surface area contributed by atoms with E-state index in [9.17, 15) is 0 Å². The highest BCUT2D eigenvalue weighted by atomic mass is 16.5. The van der Waals surface area contributed by atoms with E-state index in [0.29, 0.717) is 0 Å². The molecular formula is C14H24N2O2. The number of hydrogen-bond donors (Lipinski definition) is 2. The third-order valence-corrected chi connectivity index (χ3v) is 3.80. The van der Waals surface area contributed by atoms with Gasteiger partial charge in [-0.2, -0.15) is 0 Å². The van der Waals surface area contributed by atoms with Crippen molar-refractivity contribution in [2.24, 2.45) is 0 Å². The summed E-state index contributed by atoms with van der Waals surface area (Å²) < 4.78 is 11.4. The van der Waals surface area contributed by atoms with Gasteiger partial charge in [-0.05, 0) is 25.1 Å². The normalized spacial score (nSPS) is 20.8. The highest BCUT2D eigenvalue weighted by Crippen LogP contribution is 2.36. The molecule has 4 nitrogen and oxygen atoms in total. The lowest BCUT2D eigenvalue weighted by Gasteiger charge is -2.42. The van der Waals surface area contributed by atoms with E-state index < -0.39 is 0 Å². The van der Waals surface area contributed by atoms with Gasteiger partial charge < -0.3 is 19.8 Å². The van der Waals surface area contributed by atoms with Crippen LogP contribution in [0.2, 0.25) is 0 Å². The lowest BCUT2D eigenvalue weighted by Crippen LogP contribution is -2.49. The molecule has 2 N–H and O–H groups in total. The summed E-state index contributed by atoms with van der Waals surface area (Å²) in [6, 6.07) is 4.38. The van der Waals surface area contributed by atoms with E-state index >= 15 is 0 Å². The number of nitrogens with one attached hydrogen (secondary N) is 2. The van der Waals surface area contributed by atoms with Crippen molar-refractivity contribution in [1.29, 1.82) is 0 Å². The molecule has 0 amide bonds. The Labute approximate surface area is 109 Å². The van der Waals surface area contributed by atoms with Gasteiger partial charge in [-0.3, -0.25) is 0 Å². The van der Waals surface area contributed by atoms with Gasteiger partial charge in [0, 0.05) is 45.1 Å². The molecule has 0 saturated carbocycles. The van der Waals surface area contributed by atoms with Crippen molar-refractivity contribution in [2.45, 2.75) is 37.8 Å². The number of hydrogen-bond acceptors (Lipinski definition) is 3. The molecule has 0 aliphatic carbocycles. The molecule has 0 spiro atoms. The average Bonchev–Trinajstić information content (AvgIpc) is 2.94. The summed E-state index contributed by atoms with van der Waals surface area (Å²) in [5.41, 5.74) is 1.05. The Bertz CT molecular complexity index is 332. The number of H-pyrrole nitrogens is 1. The Morgan fingerprint density at radius 1 is 1.50 bits per heavy atom. The fourth-order valence-electron chi connectivity index (χ4n) is 2.72. The minimum atomic E-state index is -0.154. The van der Waals surface area contributed by atoms with E-state index in [2.05, 4.69) is 23.3 Å². The molecule has 1 aromatic rings. The van der Waals surface area contributed by atoms with Crippen LogP contribution in [0.25, 0.3) is 0 Å². The molecule has 1 saturated heterocycles. The van der Waals surface area contributed by atoms with Crippen molar-refractivity contribution < 1.29 is 9.47 Å². The van der Waals surface area contributed by atoms with E-state index in [4.69, 9.17) is 9.47 Å². The number of rotatable bonds is 6. The van der Waals surface area contributed by atoms with Crippen molar-refractivity contribution in [3.8, 4) is 0 Å². The molecule has 1 unspecified atom stereocenters. The zero-order chi connectivity index (χ0) is 12.8. The van der Waals surface area contributed by atoms with Crippen LogP contribution in [0.5, 0.6) is 0 Å². The lowest BCUT2D eigenvalue weighted by atomic mass is 9.84. The second-order valence-corrected chi connectivity index (χ2v) is 4.89. The van der Waals surface area contributed by atoms with Crippen molar-refractivity contribution in [3.05, 3.63) is 24.0 Å². The molecular weight excluding hydrogens is 228 g/mol. The molecule has 2 rings (SSSR count). The third-order valence-electron chi connectivity index (χ3n) is 3.80. The van der Waals surface area contributed by atoms with Gasteiger partial charge in [0.05, 0.1) is 11.6 Å². The Hall–Kier alpha value is -0.840. The second kappa shape index (κ2) is 6.36. The van der Waals surface area contributed by atoms with Crippen molar-refractivity contribution in [1.82, 2.24) is 10.3 Å². The predicted molar refractivity (Wildman–Crippen MR) is 71.6 cm³/mol. The average molecular weight is 252 g/mol. The topological polar surface area (TPSA) is 46.3 Å². The number of aromatic nitrogens is 1. The van der Waals surface area contributed by atoms with Gasteiger partial charge in [-0.1, -0.05) is 6.92 Å². The first-order chi connectivity index (χ1) is 8.82. The predicted octanol–water partition coefficient (Wildman–Crippen LogP) is 2.25. The summed E-state index contributed by atoms with van der Waals surface area (Å²) in [6.07, 6.45) is 4.96. The Morgan fingerprint density at radius 2 is 2.28 bits per heavy atom. The van der Waals surface area contributed by atoms with Crippen LogP contribution in [0.1, 0.15) is 37.9 Å². The van der Waals surface area contributed by atoms with Crippen LogP contribution >= 0.6 is 0 Å². The van der Waals surface area contributed by atoms with Crippen LogP contribution in [-0.4, -0.2) is 37.5 Å². The first-order valence-electron chi connectivity index (χ1n) is 6.82. The smallest absolute Gasteiger partial charge is 0.0930 e. The van der Waals surface area contributed by atoms with Crippen LogP contribution in [0.15, 0.2) is 18.3 Å². The van der Waals surface area contributed by atoms with Crippen LogP contribution < -0.4 is 5.32 Å². The Morgan fingerprint density at radius 3 is 2.83 bits per heavy atom. The van der Waals surface area contributed by atoms with Gasteiger partial charge in [0.25, 0.3) is 0 Å². The highest BCUT2D eigenvalue weighted by Gasteiger charge is 2.41. The maximum Gasteiger partial charge on any atom is 0.0930 e. The summed E-state index contributed by atoms with van der Waals surface area (Å²) in [5.74, 6) is 0. The van der Waals surface area contributed by atoms with Crippen LogP contribution in [0, 0.1) is 0 Å². The van der Waals surface area contributed by atoms with Gasteiger partial charge in [0.15, 0.2) is 0 Å². The quantitative estimate of drug-likeness (QED) is 0.816. The zero-order valence-corrected chi connectivity index (χ0v) is 11.4. The third kappa shape index (κ3) is 2.76. The maximum atomic E-state index is 5.90. The van der Waals surface area contributed by atoms with Crippen molar-refractivity contribution in [2.75, 3.05) is 26.9 Å². The first kappa shape index (κ1) is 13.6. The molecule has 102 valence electrons. The molecule has 0 bridgehead atoms. The summed E-state index contributed by atoms with van der Waals surface area (Å²) >= 11 is 0. The fourth-order valence-corrected chi connectivity index (χ4v) is 2.72. The van der Waals surface area contributed by atoms with Crippen molar-refractivity contribution in [3.63, 3.8) is 0 Å². The van der Waals surface area contributed by atoms with E-state index in [0.717, 1.165) is 39.0 Å². The van der Waals surface area contributed by atoms with Crippen molar-refractivity contribution >= 4 is 0 Å². The molecule has 2 heterocycles. The number of aromatic amines is 1. The molecule has 1 atom stereocenters. The summed E-state index contributed by atoms with van der Waals surface area (Å²) in [4.78, 5) is 3.32. The largest absolute Gasteiger partial charge is 0.381 e. The van der Waals surface area contributed by atoms with Gasteiger partial charge in [0.2, 0.25) is 0 Å². The van der Waals surface area contributed by atoms with Gasteiger partial charge in [-0.25, -0.2) is 0 Å². The van der Waals surface area contributed by atoms with E-state index in [-0.39, 0.29) is 11.6 Å². The van der Waals surface area contributed by atoms with E-state index in [1.807, 2.05) is 19.4 Å². The van der Waals surface area contributed by atoms with Gasteiger partial charge in [-0.15, -0.1) is 0 Å². The Balaban J connectivity index is 2.20.